The number of carbonyl (C=O) groups excluding carboxylic acids is 2. The molecular formula is C21H25F3N8O3. The first-order valence-corrected chi connectivity index (χ1v) is 11.0. The molecule has 2 aromatic heterocycles. The highest BCUT2D eigenvalue weighted by Gasteiger charge is 2.33. The molecule has 2 saturated heterocycles. The summed E-state index contributed by atoms with van der Waals surface area (Å²) in [6.45, 7) is 3.11. The van der Waals surface area contributed by atoms with Gasteiger partial charge in [0.2, 0.25) is 11.9 Å². The fourth-order valence-electron chi connectivity index (χ4n) is 3.82. The van der Waals surface area contributed by atoms with Crippen LogP contribution < -0.4 is 25.3 Å². The van der Waals surface area contributed by atoms with E-state index in [-0.39, 0.29) is 36.5 Å². The summed E-state index contributed by atoms with van der Waals surface area (Å²) in [6, 6.07) is 2.92. The number of carbonyl (C=O) groups is 2. The van der Waals surface area contributed by atoms with E-state index in [1.807, 2.05) is 4.90 Å². The lowest BCUT2D eigenvalue weighted by Crippen LogP contribution is -2.47. The number of nitrogens with zero attached hydrogens (tertiary/aromatic N) is 6. The molecule has 188 valence electrons. The molecule has 2 N–H and O–H groups in total. The van der Waals surface area contributed by atoms with Gasteiger partial charge in [-0.2, -0.15) is 4.98 Å². The molecule has 35 heavy (non-hydrogen) atoms. The number of aromatic nitrogens is 3. The SMILES string of the molecule is CC(=O)NC[C@H]1CN(c2cnc(N3CCN(c4ccnc(NCC(F)F)n4)CC3)c(F)c2)C(=O)O1. The summed E-state index contributed by atoms with van der Waals surface area (Å²) in [5.74, 6) is 0.0578. The normalized spacial score (nSPS) is 18.1. The van der Waals surface area contributed by atoms with Gasteiger partial charge >= 0.3 is 6.09 Å². The van der Waals surface area contributed by atoms with Crippen molar-refractivity contribution in [1.82, 2.24) is 20.3 Å². The molecule has 2 aliphatic rings. The lowest BCUT2D eigenvalue weighted by atomic mass is 10.2. The minimum Gasteiger partial charge on any atom is -0.442 e. The van der Waals surface area contributed by atoms with E-state index in [0.717, 1.165) is 0 Å². The maximum atomic E-state index is 14.9. The van der Waals surface area contributed by atoms with Crippen LogP contribution in [0, 0.1) is 5.82 Å². The number of halogens is 3. The van der Waals surface area contributed by atoms with Crippen molar-refractivity contribution in [2.45, 2.75) is 19.5 Å². The van der Waals surface area contributed by atoms with Gasteiger partial charge in [0, 0.05) is 45.4 Å². The summed E-state index contributed by atoms with van der Waals surface area (Å²) in [6.07, 6.45) is -0.767. The van der Waals surface area contributed by atoms with Crippen molar-refractivity contribution < 1.29 is 27.5 Å². The third-order valence-corrected chi connectivity index (χ3v) is 5.53. The summed E-state index contributed by atoms with van der Waals surface area (Å²) < 4.78 is 45.0. The van der Waals surface area contributed by atoms with E-state index in [1.165, 1.54) is 30.3 Å². The number of rotatable bonds is 8. The molecular weight excluding hydrogens is 469 g/mol. The Balaban J connectivity index is 1.35. The minimum atomic E-state index is -2.51. The van der Waals surface area contributed by atoms with Gasteiger partial charge in [-0.25, -0.2) is 27.9 Å². The third kappa shape index (κ3) is 6.00. The van der Waals surface area contributed by atoms with Crippen molar-refractivity contribution in [3.05, 3.63) is 30.3 Å². The molecule has 0 bridgehead atoms. The van der Waals surface area contributed by atoms with Gasteiger partial charge in [0.1, 0.15) is 11.9 Å². The predicted octanol–water partition coefficient (Wildman–Crippen LogP) is 1.48. The van der Waals surface area contributed by atoms with Crippen LogP contribution in [0.25, 0.3) is 0 Å². The Morgan fingerprint density at radius 2 is 1.97 bits per heavy atom. The predicted molar refractivity (Wildman–Crippen MR) is 121 cm³/mol. The first kappa shape index (κ1) is 24.3. The minimum absolute atomic E-state index is 0.119. The molecule has 4 rings (SSSR count). The molecule has 0 aliphatic carbocycles. The van der Waals surface area contributed by atoms with E-state index >= 15 is 0 Å². The van der Waals surface area contributed by atoms with Gasteiger partial charge in [0.25, 0.3) is 6.43 Å². The van der Waals surface area contributed by atoms with Crippen molar-refractivity contribution in [3.63, 3.8) is 0 Å². The average molecular weight is 494 g/mol. The van der Waals surface area contributed by atoms with Crippen LogP contribution in [0.5, 0.6) is 0 Å². The lowest BCUT2D eigenvalue weighted by Gasteiger charge is -2.36. The summed E-state index contributed by atoms with van der Waals surface area (Å²) in [5, 5.41) is 5.08. The number of cyclic esters (lactones) is 1. The number of hydrogen-bond acceptors (Lipinski definition) is 9. The Kier molecular flexibility index (Phi) is 7.36. The molecule has 11 nitrogen and oxygen atoms in total. The molecule has 2 amide bonds. The second kappa shape index (κ2) is 10.6. The Bertz CT molecular complexity index is 1070. The third-order valence-electron chi connectivity index (χ3n) is 5.53. The van der Waals surface area contributed by atoms with E-state index in [4.69, 9.17) is 4.74 Å². The molecule has 2 aromatic rings. The summed E-state index contributed by atoms with van der Waals surface area (Å²) in [5.41, 5.74) is 0.269. The van der Waals surface area contributed by atoms with Crippen molar-refractivity contribution in [2.75, 3.05) is 65.8 Å². The summed E-state index contributed by atoms with van der Waals surface area (Å²) in [4.78, 5) is 40.7. The van der Waals surface area contributed by atoms with Crippen LogP contribution in [-0.4, -0.2) is 85.3 Å². The van der Waals surface area contributed by atoms with E-state index in [2.05, 4.69) is 25.6 Å². The Morgan fingerprint density at radius 3 is 2.66 bits per heavy atom. The van der Waals surface area contributed by atoms with Crippen molar-refractivity contribution in [1.29, 1.82) is 0 Å². The van der Waals surface area contributed by atoms with Crippen LogP contribution in [0.3, 0.4) is 0 Å². The van der Waals surface area contributed by atoms with Crippen LogP contribution in [-0.2, 0) is 9.53 Å². The first-order chi connectivity index (χ1) is 16.8. The van der Waals surface area contributed by atoms with Crippen LogP contribution in [0.15, 0.2) is 24.5 Å². The van der Waals surface area contributed by atoms with E-state index in [9.17, 15) is 22.8 Å². The molecule has 0 spiro atoms. The second-order valence-electron chi connectivity index (χ2n) is 8.04. The van der Waals surface area contributed by atoms with Crippen molar-refractivity contribution in [3.8, 4) is 0 Å². The molecule has 0 saturated carbocycles. The molecule has 2 fully saturated rings. The maximum Gasteiger partial charge on any atom is 0.414 e. The molecule has 1 atom stereocenters. The summed E-state index contributed by atoms with van der Waals surface area (Å²) in [7, 11) is 0. The zero-order valence-corrected chi connectivity index (χ0v) is 19.0. The maximum absolute atomic E-state index is 14.9. The number of nitrogens with one attached hydrogen (secondary N) is 2. The van der Waals surface area contributed by atoms with Gasteiger partial charge in [-0.1, -0.05) is 0 Å². The highest BCUT2D eigenvalue weighted by molar-refractivity contribution is 5.89. The average Bonchev–Trinajstić information content (AvgIpc) is 3.22. The number of pyridine rings is 1. The Labute approximate surface area is 199 Å². The van der Waals surface area contributed by atoms with Gasteiger partial charge in [-0.05, 0) is 6.07 Å². The van der Waals surface area contributed by atoms with Crippen molar-refractivity contribution >= 4 is 35.3 Å². The lowest BCUT2D eigenvalue weighted by molar-refractivity contribution is -0.119. The molecule has 0 radical (unpaired) electrons. The van der Waals surface area contributed by atoms with Gasteiger partial charge in [0.15, 0.2) is 11.6 Å². The van der Waals surface area contributed by atoms with Crippen LogP contribution in [0.1, 0.15) is 6.92 Å². The molecule has 0 unspecified atom stereocenters. The van der Waals surface area contributed by atoms with Crippen LogP contribution in [0.4, 0.5) is 41.2 Å². The van der Waals surface area contributed by atoms with Crippen molar-refractivity contribution in [2.24, 2.45) is 0 Å². The largest absolute Gasteiger partial charge is 0.442 e. The van der Waals surface area contributed by atoms with Gasteiger partial charge in [-0.3, -0.25) is 9.69 Å². The number of ether oxygens (including phenoxy) is 1. The monoisotopic (exact) mass is 494 g/mol. The highest BCUT2D eigenvalue weighted by Crippen LogP contribution is 2.27. The van der Waals surface area contributed by atoms with E-state index in [1.54, 1.807) is 11.0 Å². The Hall–Kier alpha value is -3.84. The van der Waals surface area contributed by atoms with E-state index in [0.29, 0.717) is 32.0 Å². The smallest absolute Gasteiger partial charge is 0.414 e. The molecule has 14 heteroatoms. The van der Waals surface area contributed by atoms with Crippen LogP contribution in [0.2, 0.25) is 0 Å². The van der Waals surface area contributed by atoms with Crippen LogP contribution >= 0.6 is 0 Å². The topological polar surface area (TPSA) is 116 Å². The molecule has 0 aromatic carbocycles. The first-order valence-electron chi connectivity index (χ1n) is 11.0. The molecule has 4 heterocycles. The van der Waals surface area contributed by atoms with E-state index < -0.39 is 31.0 Å². The number of alkyl halides is 2. The fourth-order valence-corrected chi connectivity index (χ4v) is 3.82. The Morgan fingerprint density at radius 1 is 1.23 bits per heavy atom. The molecule has 2 aliphatic heterocycles. The zero-order valence-electron chi connectivity index (χ0n) is 19.0. The highest BCUT2D eigenvalue weighted by atomic mass is 19.3. The quantitative estimate of drug-likeness (QED) is 0.563. The zero-order chi connectivity index (χ0) is 24.9. The van der Waals surface area contributed by atoms with Gasteiger partial charge in [-0.15, -0.1) is 0 Å². The summed E-state index contributed by atoms with van der Waals surface area (Å²) >= 11 is 0. The number of piperazine rings is 1. The number of hydrogen-bond donors (Lipinski definition) is 2. The fraction of sp³-hybridized carbons (Fsp3) is 0.476. The van der Waals surface area contributed by atoms with Gasteiger partial charge < -0.3 is 25.2 Å². The second-order valence-corrected chi connectivity index (χ2v) is 8.04. The standard InChI is InChI=1S/C21H25F3N8O3/c1-13(33)26-10-15-12-32(21(34)35-15)14-8-16(22)19(27-9-14)31-6-4-30(5-7-31)18-2-3-25-20(29-18)28-11-17(23)24/h2-3,8-9,15,17H,4-7,10-12H2,1H3,(H,26,33)(H,25,28,29)/t15-/m0/s1. The number of anilines is 4. The number of amides is 2. The van der Waals surface area contributed by atoms with Gasteiger partial charge in [0.05, 0.1) is 31.5 Å².